The molecule has 33 heavy (non-hydrogen) atoms. The van der Waals surface area contributed by atoms with E-state index in [9.17, 15) is 9.59 Å². The van der Waals surface area contributed by atoms with E-state index in [2.05, 4.69) is 41.7 Å². The maximum absolute atomic E-state index is 13.6. The van der Waals surface area contributed by atoms with Crippen LogP contribution in [0.5, 0.6) is 0 Å². The molecule has 4 heteroatoms. The number of primary amides is 1. The van der Waals surface area contributed by atoms with Crippen molar-refractivity contribution in [3.63, 3.8) is 0 Å². The van der Waals surface area contributed by atoms with Crippen LogP contribution in [0.25, 0.3) is 0 Å². The summed E-state index contributed by atoms with van der Waals surface area (Å²) in [6.45, 7) is 0. The van der Waals surface area contributed by atoms with E-state index < -0.39 is 17.4 Å². The minimum atomic E-state index is -0.692. The normalized spacial score (nSPS) is 15.5. The molecule has 0 aliphatic heterocycles. The van der Waals surface area contributed by atoms with Crippen molar-refractivity contribution in [2.24, 2.45) is 11.7 Å². The van der Waals surface area contributed by atoms with Crippen LogP contribution in [0.4, 0.5) is 0 Å². The molecule has 0 bridgehead atoms. The van der Waals surface area contributed by atoms with Gasteiger partial charge in [-0.1, -0.05) is 110 Å². The van der Waals surface area contributed by atoms with E-state index in [4.69, 9.17) is 5.73 Å². The van der Waals surface area contributed by atoms with Crippen LogP contribution in [0.3, 0.4) is 0 Å². The zero-order chi connectivity index (χ0) is 23.1. The number of nitrogens with one attached hydrogen (secondary N) is 1. The van der Waals surface area contributed by atoms with Gasteiger partial charge in [-0.15, -0.1) is 0 Å². The van der Waals surface area contributed by atoms with E-state index in [0.29, 0.717) is 0 Å². The minimum Gasteiger partial charge on any atom is -0.368 e. The second-order valence-electron chi connectivity index (χ2n) is 9.03. The molecular formula is C29H32N2O2. The predicted molar refractivity (Wildman–Crippen MR) is 132 cm³/mol. The molecule has 3 N–H and O–H groups in total. The molecule has 3 aromatic rings. The zero-order valence-electron chi connectivity index (χ0n) is 19.0. The van der Waals surface area contributed by atoms with Gasteiger partial charge in [0.05, 0.1) is 5.41 Å². The smallest absolute Gasteiger partial charge is 0.240 e. The number of benzene rings is 3. The largest absolute Gasteiger partial charge is 0.368 e. The highest BCUT2D eigenvalue weighted by Gasteiger charge is 2.39. The van der Waals surface area contributed by atoms with Gasteiger partial charge in [-0.3, -0.25) is 9.59 Å². The van der Waals surface area contributed by atoms with Gasteiger partial charge in [0.15, 0.2) is 0 Å². The van der Waals surface area contributed by atoms with Gasteiger partial charge in [0.25, 0.3) is 0 Å². The average Bonchev–Trinajstić information content (AvgIpc) is 2.88. The van der Waals surface area contributed by atoms with E-state index in [1.165, 1.54) is 6.42 Å². The van der Waals surface area contributed by atoms with Crippen LogP contribution in [0.15, 0.2) is 91.0 Å². The lowest BCUT2D eigenvalue weighted by Gasteiger charge is -2.36. The Balaban J connectivity index is 1.75. The first kappa shape index (κ1) is 22.8. The van der Waals surface area contributed by atoms with Crippen LogP contribution < -0.4 is 11.1 Å². The maximum Gasteiger partial charge on any atom is 0.240 e. The van der Waals surface area contributed by atoms with Crippen molar-refractivity contribution in [1.82, 2.24) is 5.32 Å². The molecule has 0 radical (unpaired) electrons. The van der Waals surface area contributed by atoms with Gasteiger partial charge >= 0.3 is 0 Å². The standard InChI is InChI=1S/C29H32N2O2/c30-28(33)27(22-13-5-1-6-14-22)31-26(32)21-29(23-15-7-2-8-16-23,24-17-9-3-10-18-24)25-19-11-4-12-20-25/h2-4,7-12,15-20,22,27H,1,5-6,13-14,21H2,(H2,30,33)(H,31,32)/t27-/m1/s1. The summed E-state index contributed by atoms with van der Waals surface area (Å²) >= 11 is 0. The third-order valence-electron chi connectivity index (χ3n) is 6.97. The Morgan fingerprint density at radius 3 is 1.58 bits per heavy atom. The Labute approximate surface area is 196 Å². The number of carbonyl (C=O) groups excluding carboxylic acids is 2. The van der Waals surface area contributed by atoms with Crippen molar-refractivity contribution in [1.29, 1.82) is 0 Å². The number of nitrogens with two attached hydrogens (primary N) is 1. The third kappa shape index (κ3) is 5.00. The Hall–Kier alpha value is -3.40. The van der Waals surface area contributed by atoms with Crippen molar-refractivity contribution in [2.45, 2.75) is 50.0 Å². The van der Waals surface area contributed by atoms with Gasteiger partial charge in [0, 0.05) is 6.42 Å². The molecule has 0 spiro atoms. The quantitative estimate of drug-likeness (QED) is 0.486. The van der Waals surface area contributed by atoms with Crippen molar-refractivity contribution in [2.75, 3.05) is 0 Å². The predicted octanol–water partition coefficient (Wildman–Crippen LogP) is 4.96. The molecule has 1 saturated carbocycles. The van der Waals surface area contributed by atoms with Gasteiger partial charge in [-0.2, -0.15) is 0 Å². The number of rotatable bonds is 8. The molecule has 0 unspecified atom stereocenters. The van der Waals surface area contributed by atoms with Gasteiger partial charge in [-0.25, -0.2) is 0 Å². The molecule has 3 aromatic carbocycles. The number of carbonyl (C=O) groups is 2. The van der Waals surface area contributed by atoms with Gasteiger partial charge in [-0.05, 0) is 35.4 Å². The minimum absolute atomic E-state index is 0.111. The molecule has 170 valence electrons. The fourth-order valence-electron chi connectivity index (χ4n) is 5.33. The summed E-state index contributed by atoms with van der Waals surface area (Å²) in [5.74, 6) is -0.499. The van der Waals surface area contributed by atoms with E-state index in [0.717, 1.165) is 42.4 Å². The Kier molecular flexibility index (Phi) is 7.23. The Morgan fingerprint density at radius 2 is 1.18 bits per heavy atom. The van der Waals surface area contributed by atoms with Gasteiger partial charge < -0.3 is 11.1 Å². The van der Waals surface area contributed by atoms with Crippen LogP contribution in [-0.2, 0) is 15.0 Å². The van der Waals surface area contributed by atoms with Crippen molar-refractivity contribution >= 4 is 11.8 Å². The van der Waals surface area contributed by atoms with Crippen LogP contribution >= 0.6 is 0 Å². The molecule has 0 heterocycles. The van der Waals surface area contributed by atoms with Crippen LogP contribution in [0.2, 0.25) is 0 Å². The highest BCUT2D eigenvalue weighted by atomic mass is 16.2. The summed E-state index contributed by atoms with van der Waals surface area (Å²) in [6.07, 6.45) is 5.36. The molecule has 4 rings (SSSR count). The molecule has 1 fully saturated rings. The average molecular weight is 441 g/mol. The Bertz CT molecular complexity index is 948. The summed E-state index contributed by atoms with van der Waals surface area (Å²) in [7, 11) is 0. The first-order valence-corrected chi connectivity index (χ1v) is 11.9. The molecule has 1 atom stereocenters. The lowest BCUT2D eigenvalue weighted by Crippen LogP contribution is -2.51. The lowest BCUT2D eigenvalue weighted by molar-refractivity contribution is -0.129. The summed E-state index contributed by atoms with van der Waals surface area (Å²) in [5, 5.41) is 3.04. The monoisotopic (exact) mass is 440 g/mol. The van der Waals surface area contributed by atoms with Crippen molar-refractivity contribution < 1.29 is 9.59 Å². The number of amides is 2. The topological polar surface area (TPSA) is 72.2 Å². The number of hydrogen-bond acceptors (Lipinski definition) is 2. The maximum atomic E-state index is 13.6. The molecule has 1 aliphatic rings. The fraction of sp³-hybridized carbons (Fsp3) is 0.310. The first-order valence-electron chi connectivity index (χ1n) is 11.9. The SMILES string of the molecule is NC(=O)[C@H](NC(=O)CC(c1ccccc1)(c1ccccc1)c1ccccc1)C1CCCCC1. The van der Waals surface area contributed by atoms with Crippen LogP contribution in [0.1, 0.15) is 55.2 Å². The molecule has 0 aromatic heterocycles. The van der Waals surface area contributed by atoms with E-state index in [1.807, 2.05) is 54.6 Å². The number of hydrogen-bond donors (Lipinski definition) is 2. The molecule has 2 amide bonds. The fourth-order valence-corrected chi connectivity index (χ4v) is 5.33. The van der Waals surface area contributed by atoms with Crippen molar-refractivity contribution in [3.05, 3.63) is 108 Å². The highest BCUT2D eigenvalue weighted by Crippen LogP contribution is 2.42. The second-order valence-corrected chi connectivity index (χ2v) is 9.03. The molecule has 1 aliphatic carbocycles. The lowest BCUT2D eigenvalue weighted by atomic mass is 9.67. The first-order chi connectivity index (χ1) is 16.1. The second kappa shape index (κ2) is 10.5. The molecular weight excluding hydrogens is 408 g/mol. The Morgan fingerprint density at radius 1 is 0.758 bits per heavy atom. The van der Waals surface area contributed by atoms with Gasteiger partial charge in [0.2, 0.25) is 11.8 Å². The van der Waals surface area contributed by atoms with Crippen LogP contribution in [-0.4, -0.2) is 17.9 Å². The van der Waals surface area contributed by atoms with E-state index >= 15 is 0 Å². The van der Waals surface area contributed by atoms with Crippen LogP contribution in [0, 0.1) is 5.92 Å². The third-order valence-corrected chi connectivity index (χ3v) is 6.97. The van der Waals surface area contributed by atoms with E-state index in [1.54, 1.807) is 0 Å². The highest BCUT2D eigenvalue weighted by molar-refractivity contribution is 5.88. The van der Waals surface area contributed by atoms with Gasteiger partial charge in [0.1, 0.15) is 6.04 Å². The zero-order valence-corrected chi connectivity index (χ0v) is 19.0. The summed E-state index contributed by atoms with van der Waals surface area (Å²) in [6, 6.07) is 29.8. The molecule has 4 nitrogen and oxygen atoms in total. The molecule has 0 saturated heterocycles. The summed E-state index contributed by atoms with van der Waals surface area (Å²) in [5.41, 5.74) is 8.17. The summed E-state index contributed by atoms with van der Waals surface area (Å²) in [4.78, 5) is 25.9. The summed E-state index contributed by atoms with van der Waals surface area (Å²) < 4.78 is 0. The van der Waals surface area contributed by atoms with E-state index in [-0.39, 0.29) is 18.2 Å². The van der Waals surface area contributed by atoms with Crippen molar-refractivity contribution in [3.8, 4) is 0 Å².